The second-order valence-corrected chi connectivity index (χ2v) is 8.23. The van der Waals surface area contributed by atoms with E-state index in [-0.39, 0.29) is 18.2 Å². The fourth-order valence-corrected chi connectivity index (χ4v) is 4.48. The largest absolute Gasteiger partial charge is 0.389 e. The molecule has 5 N–H and O–H groups in total. The summed E-state index contributed by atoms with van der Waals surface area (Å²) in [5, 5.41) is 15.9. The van der Waals surface area contributed by atoms with Gasteiger partial charge in [0.2, 0.25) is 11.8 Å². The van der Waals surface area contributed by atoms with Gasteiger partial charge < -0.3 is 21.1 Å². The van der Waals surface area contributed by atoms with E-state index in [0.29, 0.717) is 44.1 Å². The van der Waals surface area contributed by atoms with Crippen molar-refractivity contribution < 1.29 is 19.5 Å². The maximum Gasteiger partial charge on any atom is 0.255 e. The number of fused-ring (bicyclic) bond motifs is 1. The molecule has 1 saturated carbocycles. The minimum absolute atomic E-state index is 0.172. The topological polar surface area (TPSA) is 125 Å². The van der Waals surface area contributed by atoms with Crippen molar-refractivity contribution in [2.24, 2.45) is 11.7 Å². The summed E-state index contributed by atoms with van der Waals surface area (Å²) in [5.41, 5.74) is 7.38. The van der Waals surface area contributed by atoms with Gasteiger partial charge in [0.25, 0.3) is 5.91 Å². The first-order valence-electron chi connectivity index (χ1n) is 9.78. The van der Waals surface area contributed by atoms with Crippen molar-refractivity contribution in [3.8, 4) is 0 Å². The number of nitrogens with one attached hydrogen (secondary N) is 2. The summed E-state index contributed by atoms with van der Waals surface area (Å²) in [4.78, 5) is 37.8. The van der Waals surface area contributed by atoms with Gasteiger partial charge in [-0.1, -0.05) is 12.1 Å². The van der Waals surface area contributed by atoms with Crippen molar-refractivity contribution in [3.63, 3.8) is 0 Å². The van der Waals surface area contributed by atoms with E-state index in [1.807, 2.05) is 18.2 Å². The predicted octanol–water partition coefficient (Wildman–Crippen LogP) is -0.363. The first-order valence-corrected chi connectivity index (χ1v) is 9.78. The molecule has 0 radical (unpaired) electrons. The number of hydrogen-bond acceptors (Lipinski definition) is 6. The number of hydrogen-bond donors (Lipinski definition) is 4. The maximum atomic E-state index is 12.8. The molecule has 1 aliphatic carbocycles. The molecule has 3 amide bonds. The molecule has 8 heteroatoms. The smallest absolute Gasteiger partial charge is 0.255 e. The van der Waals surface area contributed by atoms with Crippen LogP contribution in [-0.4, -0.2) is 52.5 Å². The molecule has 2 aliphatic heterocycles. The van der Waals surface area contributed by atoms with Crippen LogP contribution >= 0.6 is 0 Å². The third-order valence-electron chi connectivity index (χ3n) is 6.05. The van der Waals surface area contributed by atoms with Crippen LogP contribution < -0.4 is 16.4 Å². The van der Waals surface area contributed by atoms with E-state index in [1.54, 1.807) is 4.90 Å². The van der Waals surface area contributed by atoms with Gasteiger partial charge in [-0.15, -0.1) is 0 Å². The molecule has 1 aromatic rings. The van der Waals surface area contributed by atoms with Crippen LogP contribution in [0.15, 0.2) is 18.2 Å². The van der Waals surface area contributed by atoms with Crippen molar-refractivity contribution in [2.45, 2.75) is 50.4 Å². The maximum absolute atomic E-state index is 12.8. The highest BCUT2D eigenvalue weighted by Crippen LogP contribution is 2.36. The van der Waals surface area contributed by atoms with Crippen LogP contribution in [0.25, 0.3) is 0 Å². The lowest BCUT2D eigenvalue weighted by Gasteiger charge is -2.43. The molecule has 2 fully saturated rings. The van der Waals surface area contributed by atoms with Gasteiger partial charge in [0.05, 0.1) is 5.60 Å². The Kier molecular flexibility index (Phi) is 4.95. The third kappa shape index (κ3) is 3.55. The third-order valence-corrected chi connectivity index (χ3v) is 6.05. The number of nitrogens with zero attached hydrogens (tertiary/aromatic N) is 1. The molecule has 0 aromatic heterocycles. The van der Waals surface area contributed by atoms with Crippen LogP contribution in [0.5, 0.6) is 0 Å². The summed E-state index contributed by atoms with van der Waals surface area (Å²) < 4.78 is 0. The SMILES string of the molecule is NCC1CC(O)(CNCc2ccc3c(c2)C(=O)N(C2CCC(=O)NC2=O)C3)C1. The zero-order valence-corrected chi connectivity index (χ0v) is 15.7. The Morgan fingerprint density at radius 3 is 2.79 bits per heavy atom. The van der Waals surface area contributed by atoms with Crippen LogP contribution in [-0.2, 0) is 22.7 Å². The number of rotatable bonds is 6. The minimum Gasteiger partial charge on any atom is -0.389 e. The minimum atomic E-state index is -0.681. The molecule has 1 saturated heterocycles. The summed E-state index contributed by atoms with van der Waals surface area (Å²) in [5.74, 6) is -0.453. The van der Waals surface area contributed by atoms with Gasteiger partial charge in [0, 0.05) is 31.6 Å². The number of carbonyl (C=O) groups excluding carboxylic acids is 3. The predicted molar refractivity (Wildman–Crippen MR) is 101 cm³/mol. The lowest BCUT2D eigenvalue weighted by atomic mass is 9.71. The highest BCUT2D eigenvalue weighted by atomic mass is 16.3. The summed E-state index contributed by atoms with van der Waals surface area (Å²) in [7, 11) is 0. The number of aliphatic hydroxyl groups is 1. The highest BCUT2D eigenvalue weighted by Gasteiger charge is 2.41. The molecule has 28 heavy (non-hydrogen) atoms. The monoisotopic (exact) mass is 386 g/mol. The Labute approximate surface area is 163 Å². The Morgan fingerprint density at radius 1 is 1.29 bits per heavy atom. The number of nitrogens with two attached hydrogens (primary N) is 1. The zero-order chi connectivity index (χ0) is 19.9. The molecule has 1 atom stereocenters. The lowest BCUT2D eigenvalue weighted by Crippen LogP contribution is -2.52. The van der Waals surface area contributed by atoms with Gasteiger partial charge in [-0.3, -0.25) is 19.7 Å². The van der Waals surface area contributed by atoms with Crippen LogP contribution in [0.3, 0.4) is 0 Å². The van der Waals surface area contributed by atoms with Crippen molar-refractivity contribution in [1.29, 1.82) is 0 Å². The number of carbonyl (C=O) groups is 3. The van der Waals surface area contributed by atoms with Gasteiger partial charge in [-0.25, -0.2) is 0 Å². The fourth-order valence-electron chi connectivity index (χ4n) is 4.48. The van der Waals surface area contributed by atoms with Crippen LogP contribution in [0.4, 0.5) is 0 Å². The molecule has 8 nitrogen and oxygen atoms in total. The standard InChI is InChI=1S/C20H26N4O4/c21-8-13-6-20(28,7-13)11-22-9-12-1-2-14-10-24(19(27)15(14)5-12)16-3-4-17(25)23-18(16)26/h1-2,5,13,16,22,28H,3-4,6-11,21H2,(H,23,25,26). The van der Waals surface area contributed by atoms with Gasteiger partial charge >= 0.3 is 0 Å². The first-order chi connectivity index (χ1) is 13.4. The van der Waals surface area contributed by atoms with Crippen molar-refractivity contribution in [1.82, 2.24) is 15.5 Å². The molecule has 3 aliphatic rings. The zero-order valence-electron chi connectivity index (χ0n) is 15.7. The lowest BCUT2D eigenvalue weighted by molar-refractivity contribution is -0.136. The van der Waals surface area contributed by atoms with Crippen LogP contribution in [0.2, 0.25) is 0 Å². The summed E-state index contributed by atoms with van der Waals surface area (Å²) in [6.07, 6.45) is 2.06. The van der Waals surface area contributed by atoms with Gasteiger partial charge in [-0.2, -0.15) is 0 Å². The highest BCUT2D eigenvalue weighted by molar-refractivity contribution is 6.05. The van der Waals surface area contributed by atoms with E-state index in [1.165, 1.54) is 0 Å². The van der Waals surface area contributed by atoms with Crippen LogP contribution in [0.1, 0.15) is 47.2 Å². The molecular weight excluding hydrogens is 360 g/mol. The molecular formula is C20H26N4O4. The van der Waals surface area contributed by atoms with Gasteiger partial charge in [0.15, 0.2) is 0 Å². The van der Waals surface area contributed by atoms with E-state index in [0.717, 1.165) is 24.0 Å². The second kappa shape index (κ2) is 7.27. The Balaban J connectivity index is 1.36. The van der Waals surface area contributed by atoms with Crippen molar-refractivity contribution in [3.05, 3.63) is 34.9 Å². The van der Waals surface area contributed by atoms with E-state index in [4.69, 9.17) is 5.73 Å². The number of imide groups is 1. The molecule has 0 bridgehead atoms. The summed E-state index contributed by atoms with van der Waals surface area (Å²) in [6, 6.07) is 5.13. The molecule has 2 heterocycles. The van der Waals surface area contributed by atoms with Crippen LogP contribution in [0, 0.1) is 5.92 Å². The Morgan fingerprint density at radius 2 is 2.07 bits per heavy atom. The Hall–Kier alpha value is -2.29. The first kappa shape index (κ1) is 19.0. The van der Waals surface area contributed by atoms with Gasteiger partial charge in [0.1, 0.15) is 6.04 Å². The van der Waals surface area contributed by atoms with Crippen molar-refractivity contribution in [2.75, 3.05) is 13.1 Å². The van der Waals surface area contributed by atoms with E-state index in [2.05, 4.69) is 10.6 Å². The van der Waals surface area contributed by atoms with Crippen molar-refractivity contribution >= 4 is 17.7 Å². The molecule has 1 unspecified atom stereocenters. The fraction of sp³-hybridized carbons (Fsp3) is 0.550. The summed E-state index contributed by atoms with van der Waals surface area (Å²) in [6.45, 7) is 2.04. The average Bonchev–Trinajstić information content (AvgIpc) is 2.96. The van der Waals surface area contributed by atoms with E-state index < -0.39 is 17.6 Å². The molecule has 1 aromatic carbocycles. The number of amides is 3. The number of piperidine rings is 1. The molecule has 0 spiro atoms. The normalized spacial score (nSPS) is 29.5. The second-order valence-electron chi connectivity index (χ2n) is 8.23. The molecule has 150 valence electrons. The quantitative estimate of drug-likeness (QED) is 0.495. The Bertz CT molecular complexity index is 818. The number of benzene rings is 1. The van der Waals surface area contributed by atoms with E-state index in [9.17, 15) is 19.5 Å². The molecule has 4 rings (SSSR count). The van der Waals surface area contributed by atoms with Gasteiger partial charge in [-0.05, 0) is 48.9 Å². The van der Waals surface area contributed by atoms with E-state index >= 15 is 0 Å². The average molecular weight is 386 g/mol. The summed E-state index contributed by atoms with van der Waals surface area (Å²) >= 11 is 0.